The maximum atomic E-state index is 8.90. The molecule has 1 unspecified atom stereocenters. The number of hydrogen-bond acceptors (Lipinski definition) is 7. The number of methoxy groups -OCH3 is 2. The standard InChI is InChI=1S/C9H15ClN4O3/c1-16-5-6(3-4-15)11-8-12-7(10)13-9(14-8)17-2/h6,15H,3-5H2,1-2H3,(H,11,12,13,14). The number of rotatable bonds is 7. The van der Waals surface area contributed by atoms with Gasteiger partial charge in [0.15, 0.2) is 0 Å². The number of ether oxygens (including phenoxy) is 2. The third-order valence-corrected chi connectivity index (χ3v) is 2.12. The number of aliphatic hydroxyl groups is 1. The fourth-order valence-corrected chi connectivity index (χ4v) is 1.38. The molecule has 0 spiro atoms. The molecule has 1 rings (SSSR count). The summed E-state index contributed by atoms with van der Waals surface area (Å²) in [4.78, 5) is 11.6. The Hall–Kier alpha value is -1.18. The predicted octanol–water partition coefficient (Wildman–Crippen LogP) is 0.343. The van der Waals surface area contributed by atoms with Gasteiger partial charge in [-0.1, -0.05) is 0 Å². The highest BCUT2D eigenvalue weighted by atomic mass is 35.5. The van der Waals surface area contributed by atoms with Gasteiger partial charge in [0, 0.05) is 13.7 Å². The zero-order chi connectivity index (χ0) is 12.7. The lowest BCUT2D eigenvalue weighted by atomic mass is 10.2. The van der Waals surface area contributed by atoms with E-state index in [0.29, 0.717) is 13.0 Å². The van der Waals surface area contributed by atoms with E-state index in [2.05, 4.69) is 20.3 Å². The Morgan fingerprint density at radius 2 is 2.12 bits per heavy atom. The van der Waals surface area contributed by atoms with Crippen molar-refractivity contribution in [2.75, 3.05) is 32.8 Å². The molecule has 1 heterocycles. The molecule has 8 heteroatoms. The zero-order valence-electron chi connectivity index (χ0n) is 9.68. The minimum absolute atomic E-state index is 0.0387. The molecule has 0 saturated carbocycles. The van der Waals surface area contributed by atoms with Crippen LogP contribution in [0.5, 0.6) is 6.01 Å². The molecule has 0 bridgehead atoms. The van der Waals surface area contributed by atoms with Crippen molar-refractivity contribution in [2.45, 2.75) is 12.5 Å². The molecular formula is C9H15ClN4O3. The average molecular weight is 263 g/mol. The first-order valence-electron chi connectivity index (χ1n) is 5.01. The molecular weight excluding hydrogens is 248 g/mol. The predicted molar refractivity (Wildman–Crippen MR) is 62.4 cm³/mol. The van der Waals surface area contributed by atoms with Gasteiger partial charge in [-0.2, -0.15) is 15.0 Å². The van der Waals surface area contributed by atoms with E-state index in [1.807, 2.05) is 0 Å². The van der Waals surface area contributed by atoms with Crippen molar-refractivity contribution in [3.8, 4) is 6.01 Å². The van der Waals surface area contributed by atoms with Crippen molar-refractivity contribution in [1.29, 1.82) is 0 Å². The fourth-order valence-electron chi connectivity index (χ4n) is 1.22. The van der Waals surface area contributed by atoms with Crippen LogP contribution in [0.15, 0.2) is 0 Å². The van der Waals surface area contributed by atoms with Crippen molar-refractivity contribution in [1.82, 2.24) is 15.0 Å². The molecule has 96 valence electrons. The number of nitrogens with one attached hydrogen (secondary N) is 1. The number of nitrogens with zero attached hydrogens (tertiary/aromatic N) is 3. The molecule has 7 nitrogen and oxygen atoms in total. The van der Waals surface area contributed by atoms with Gasteiger partial charge in [-0.05, 0) is 18.0 Å². The van der Waals surface area contributed by atoms with Gasteiger partial charge < -0.3 is 19.9 Å². The van der Waals surface area contributed by atoms with Crippen LogP contribution in [0.1, 0.15) is 6.42 Å². The van der Waals surface area contributed by atoms with Crippen LogP contribution in [-0.2, 0) is 4.74 Å². The summed E-state index contributed by atoms with van der Waals surface area (Å²) in [5.41, 5.74) is 0. The number of aromatic nitrogens is 3. The molecule has 0 aromatic carbocycles. The molecule has 0 amide bonds. The number of aliphatic hydroxyl groups excluding tert-OH is 1. The molecule has 1 atom stereocenters. The maximum absolute atomic E-state index is 8.90. The molecule has 0 saturated heterocycles. The largest absolute Gasteiger partial charge is 0.467 e. The highest BCUT2D eigenvalue weighted by molar-refractivity contribution is 6.28. The molecule has 0 aliphatic rings. The topological polar surface area (TPSA) is 89.4 Å². The normalized spacial score (nSPS) is 12.2. The minimum atomic E-state index is -0.104. The molecule has 0 aliphatic heterocycles. The van der Waals surface area contributed by atoms with Crippen LogP contribution < -0.4 is 10.1 Å². The molecule has 1 aromatic rings. The lowest BCUT2D eigenvalue weighted by Crippen LogP contribution is -2.27. The Morgan fingerprint density at radius 1 is 1.35 bits per heavy atom. The first-order chi connectivity index (χ1) is 8.19. The van der Waals surface area contributed by atoms with Gasteiger partial charge in [-0.15, -0.1) is 0 Å². The Bertz CT molecular complexity index is 347. The van der Waals surface area contributed by atoms with Crippen molar-refractivity contribution < 1.29 is 14.6 Å². The van der Waals surface area contributed by atoms with E-state index >= 15 is 0 Å². The monoisotopic (exact) mass is 262 g/mol. The lowest BCUT2D eigenvalue weighted by Gasteiger charge is -2.16. The average Bonchev–Trinajstić information content (AvgIpc) is 2.29. The van der Waals surface area contributed by atoms with Gasteiger partial charge in [-0.3, -0.25) is 0 Å². The zero-order valence-corrected chi connectivity index (χ0v) is 10.4. The summed E-state index contributed by atoms with van der Waals surface area (Å²) < 4.78 is 9.88. The first-order valence-corrected chi connectivity index (χ1v) is 5.39. The van der Waals surface area contributed by atoms with Gasteiger partial charge in [0.05, 0.1) is 19.8 Å². The number of halogens is 1. The van der Waals surface area contributed by atoms with Crippen molar-refractivity contribution in [2.24, 2.45) is 0 Å². The highest BCUT2D eigenvalue weighted by Gasteiger charge is 2.11. The van der Waals surface area contributed by atoms with Crippen LogP contribution in [0.4, 0.5) is 5.95 Å². The quantitative estimate of drug-likeness (QED) is 0.732. The smallest absolute Gasteiger partial charge is 0.322 e. The Morgan fingerprint density at radius 3 is 2.71 bits per heavy atom. The summed E-state index contributed by atoms with van der Waals surface area (Å²) >= 11 is 5.70. The third kappa shape index (κ3) is 4.68. The van der Waals surface area contributed by atoms with E-state index in [-0.39, 0.29) is 29.9 Å². The van der Waals surface area contributed by atoms with Gasteiger partial charge >= 0.3 is 6.01 Å². The molecule has 2 N–H and O–H groups in total. The fraction of sp³-hybridized carbons (Fsp3) is 0.667. The molecule has 0 radical (unpaired) electrons. The second-order valence-corrected chi connectivity index (χ2v) is 3.56. The minimum Gasteiger partial charge on any atom is -0.467 e. The van der Waals surface area contributed by atoms with E-state index in [1.165, 1.54) is 7.11 Å². The van der Waals surface area contributed by atoms with Crippen molar-refractivity contribution in [3.05, 3.63) is 5.28 Å². The summed E-state index contributed by atoms with van der Waals surface area (Å²) in [5.74, 6) is 0.289. The van der Waals surface area contributed by atoms with E-state index in [1.54, 1.807) is 7.11 Å². The van der Waals surface area contributed by atoms with Crippen LogP contribution >= 0.6 is 11.6 Å². The second kappa shape index (κ2) is 7.21. The van der Waals surface area contributed by atoms with Gasteiger partial charge in [0.1, 0.15) is 0 Å². The SMILES string of the molecule is COCC(CCO)Nc1nc(Cl)nc(OC)n1. The lowest BCUT2D eigenvalue weighted by molar-refractivity contribution is 0.170. The summed E-state index contributed by atoms with van der Waals surface area (Å²) in [7, 11) is 3.02. The van der Waals surface area contributed by atoms with Crippen LogP contribution in [-0.4, -0.2) is 53.5 Å². The Labute approximate surface area is 104 Å². The summed E-state index contributed by atoms with van der Waals surface area (Å²) in [5, 5.41) is 11.9. The number of hydrogen-bond donors (Lipinski definition) is 2. The molecule has 0 aliphatic carbocycles. The Balaban J connectivity index is 2.73. The third-order valence-electron chi connectivity index (χ3n) is 1.95. The summed E-state index contributed by atoms with van der Waals surface area (Å²) in [6.07, 6.45) is 0.513. The molecule has 17 heavy (non-hydrogen) atoms. The van der Waals surface area contributed by atoms with Crippen molar-refractivity contribution in [3.63, 3.8) is 0 Å². The van der Waals surface area contributed by atoms with Crippen molar-refractivity contribution >= 4 is 17.5 Å². The van der Waals surface area contributed by atoms with Gasteiger partial charge in [0.2, 0.25) is 11.2 Å². The molecule has 1 aromatic heterocycles. The first kappa shape index (κ1) is 13.9. The van der Waals surface area contributed by atoms with E-state index in [0.717, 1.165) is 0 Å². The summed E-state index contributed by atoms with van der Waals surface area (Å²) in [6.45, 7) is 0.461. The highest BCUT2D eigenvalue weighted by Crippen LogP contribution is 2.12. The van der Waals surface area contributed by atoms with Crippen LogP contribution in [0.25, 0.3) is 0 Å². The van der Waals surface area contributed by atoms with E-state index in [4.69, 9.17) is 26.2 Å². The van der Waals surface area contributed by atoms with Crippen LogP contribution in [0, 0.1) is 0 Å². The van der Waals surface area contributed by atoms with Gasteiger partial charge in [-0.25, -0.2) is 0 Å². The molecule has 0 fully saturated rings. The number of anilines is 1. The van der Waals surface area contributed by atoms with E-state index < -0.39 is 0 Å². The van der Waals surface area contributed by atoms with Crippen LogP contribution in [0.2, 0.25) is 5.28 Å². The maximum Gasteiger partial charge on any atom is 0.322 e. The van der Waals surface area contributed by atoms with Gasteiger partial charge in [0.25, 0.3) is 0 Å². The summed E-state index contributed by atoms with van der Waals surface area (Å²) in [6, 6.07) is 0.0286. The Kier molecular flexibility index (Phi) is 5.88. The van der Waals surface area contributed by atoms with Crippen LogP contribution in [0.3, 0.4) is 0 Å². The second-order valence-electron chi connectivity index (χ2n) is 3.22. The van der Waals surface area contributed by atoms with E-state index in [9.17, 15) is 0 Å².